The van der Waals surface area contributed by atoms with Crippen molar-refractivity contribution in [2.75, 3.05) is 12.0 Å². The molecule has 0 bridgehead atoms. The van der Waals surface area contributed by atoms with Gasteiger partial charge >= 0.3 is 5.97 Å². The van der Waals surface area contributed by atoms with E-state index >= 15 is 0 Å². The molecule has 0 aliphatic rings. The first-order valence-corrected chi connectivity index (χ1v) is 6.03. The number of carboxylic acids is 1. The van der Waals surface area contributed by atoms with E-state index in [0.29, 0.717) is 0 Å². The van der Waals surface area contributed by atoms with Crippen LogP contribution >= 0.6 is 11.6 Å². The lowest BCUT2D eigenvalue weighted by atomic mass is 10.2. The number of carboxylic acid groups (broad SMARTS) is 1. The highest BCUT2D eigenvalue weighted by atomic mass is 35.5. The van der Waals surface area contributed by atoms with E-state index in [1.165, 1.54) is 0 Å². The average molecular weight is 250 g/mol. The van der Waals surface area contributed by atoms with E-state index < -0.39 is 15.8 Å². The molecule has 5 nitrogen and oxygen atoms in total. The summed E-state index contributed by atoms with van der Waals surface area (Å²) in [5.41, 5.74) is 4.98. The van der Waals surface area contributed by atoms with Crippen LogP contribution in [0.4, 0.5) is 5.69 Å². The zero-order valence-electron chi connectivity index (χ0n) is 7.69. The number of halogens is 1. The number of aromatic carboxylic acids is 1. The molecule has 0 saturated carbocycles. The van der Waals surface area contributed by atoms with Gasteiger partial charge in [-0.25, -0.2) is 13.2 Å². The standard InChI is InChI=1S/C8H8ClNO4S/c1-15(13,14)5-3-2-4(8(11)12)6(9)7(5)10/h2-3H,10H2,1H3,(H,11,12). The van der Waals surface area contributed by atoms with Gasteiger partial charge < -0.3 is 10.8 Å². The van der Waals surface area contributed by atoms with Crippen molar-refractivity contribution in [1.82, 2.24) is 0 Å². The summed E-state index contributed by atoms with van der Waals surface area (Å²) >= 11 is 5.63. The van der Waals surface area contributed by atoms with Crippen molar-refractivity contribution in [2.45, 2.75) is 4.90 Å². The van der Waals surface area contributed by atoms with Crippen molar-refractivity contribution in [3.63, 3.8) is 0 Å². The molecule has 15 heavy (non-hydrogen) atoms. The Bertz CT molecular complexity index is 524. The average Bonchev–Trinajstić information content (AvgIpc) is 2.06. The van der Waals surface area contributed by atoms with Crippen molar-refractivity contribution >= 4 is 33.1 Å². The van der Waals surface area contributed by atoms with Crippen LogP contribution in [0, 0.1) is 0 Å². The van der Waals surface area contributed by atoms with Crippen molar-refractivity contribution in [3.8, 4) is 0 Å². The van der Waals surface area contributed by atoms with Gasteiger partial charge in [0.2, 0.25) is 0 Å². The van der Waals surface area contributed by atoms with Gasteiger partial charge in [-0.1, -0.05) is 11.6 Å². The van der Waals surface area contributed by atoms with Gasteiger partial charge in [-0.15, -0.1) is 0 Å². The summed E-state index contributed by atoms with van der Waals surface area (Å²) in [6.07, 6.45) is 0.968. The monoisotopic (exact) mass is 249 g/mol. The van der Waals surface area contributed by atoms with Crippen LogP contribution in [-0.4, -0.2) is 25.7 Å². The molecule has 0 amide bonds. The maximum atomic E-state index is 11.2. The van der Waals surface area contributed by atoms with Gasteiger partial charge in [0, 0.05) is 6.26 Å². The molecule has 0 radical (unpaired) electrons. The van der Waals surface area contributed by atoms with Gasteiger partial charge in [-0.3, -0.25) is 0 Å². The van der Waals surface area contributed by atoms with Crippen molar-refractivity contribution in [2.24, 2.45) is 0 Å². The highest BCUT2D eigenvalue weighted by Crippen LogP contribution is 2.29. The Kier molecular flexibility index (Phi) is 2.92. The van der Waals surface area contributed by atoms with Gasteiger partial charge in [-0.2, -0.15) is 0 Å². The second-order valence-electron chi connectivity index (χ2n) is 2.92. The predicted octanol–water partition coefficient (Wildman–Crippen LogP) is 1.02. The first-order valence-electron chi connectivity index (χ1n) is 3.76. The minimum atomic E-state index is -3.50. The summed E-state index contributed by atoms with van der Waals surface area (Å²) in [7, 11) is -3.50. The van der Waals surface area contributed by atoms with Crippen molar-refractivity contribution in [1.29, 1.82) is 0 Å². The number of anilines is 1. The van der Waals surface area contributed by atoms with Crippen LogP contribution in [0.5, 0.6) is 0 Å². The van der Waals surface area contributed by atoms with Gasteiger partial charge in [-0.05, 0) is 12.1 Å². The molecule has 3 N–H and O–H groups in total. The fourth-order valence-electron chi connectivity index (χ4n) is 1.06. The predicted molar refractivity (Wildman–Crippen MR) is 55.9 cm³/mol. The molecule has 0 heterocycles. The Morgan fingerprint density at radius 3 is 2.40 bits per heavy atom. The number of hydrogen-bond acceptors (Lipinski definition) is 4. The summed E-state index contributed by atoms with van der Waals surface area (Å²) in [5, 5.41) is 8.44. The molecule has 7 heteroatoms. The van der Waals surface area contributed by atoms with Crippen LogP contribution in [0.15, 0.2) is 17.0 Å². The Hall–Kier alpha value is -1.27. The quantitative estimate of drug-likeness (QED) is 0.763. The summed E-state index contributed by atoms with van der Waals surface area (Å²) < 4.78 is 22.4. The van der Waals surface area contributed by atoms with Crippen LogP contribution < -0.4 is 5.73 Å². The molecule has 0 aliphatic heterocycles. The zero-order valence-corrected chi connectivity index (χ0v) is 9.26. The molecule has 1 aromatic rings. The lowest BCUT2D eigenvalue weighted by molar-refractivity contribution is 0.0697. The van der Waals surface area contributed by atoms with E-state index in [1.54, 1.807) is 0 Å². The Morgan fingerprint density at radius 2 is 2.00 bits per heavy atom. The molecule has 0 spiro atoms. The van der Waals surface area contributed by atoms with E-state index in [-0.39, 0.29) is 21.2 Å². The van der Waals surface area contributed by atoms with Crippen LogP contribution in [0.3, 0.4) is 0 Å². The summed E-state index contributed by atoms with van der Waals surface area (Å²) in [5.74, 6) is -1.26. The number of hydrogen-bond donors (Lipinski definition) is 2. The lowest BCUT2D eigenvalue weighted by Crippen LogP contribution is -2.06. The first kappa shape index (κ1) is 11.8. The smallest absolute Gasteiger partial charge is 0.337 e. The number of nitrogens with two attached hydrogens (primary N) is 1. The normalized spacial score (nSPS) is 11.3. The molecule has 0 unspecified atom stereocenters. The minimum absolute atomic E-state index is 0.169. The summed E-state index contributed by atoms with van der Waals surface area (Å²) in [4.78, 5) is 10.5. The van der Waals surface area contributed by atoms with Crippen LogP contribution in [0.25, 0.3) is 0 Å². The second-order valence-corrected chi connectivity index (χ2v) is 5.28. The molecular weight excluding hydrogens is 242 g/mol. The van der Waals surface area contributed by atoms with Crippen LogP contribution in [0.1, 0.15) is 10.4 Å². The minimum Gasteiger partial charge on any atom is -0.478 e. The third kappa shape index (κ3) is 2.21. The SMILES string of the molecule is CS(=O)(=O)c1ccc(C(=O)O)c(Cl)c1N. The molecule has 0 atom stereocenters. The molecular formula is C8H8ClNO4S. The maximum absolute atomic E-state index is 11.2. The molecule has 82 valence electrons. The molecule has 0 saturated heterocycles. The first-order chi connectivity index (χ1) is 6.75. The Balaban J connectivity index is 3.55. The van der Waals surface area contributed by atoms with Gasteiger partial charge in [0.15, 0.2) is 9.84 Å². The van der Waals surface area contributed by atoms with Crippen LogP contribution in [0.2, 0.25) is 5.02 Å². The fraction of sp³-hybridized carbons (Fsp3) is 0.125. The molecule has 0 aliphatic carbocycles. The molecule has 0 aromatic heterocycles. The maximum Gasteiger partial charge on any atom is 0.337 e. The van der Waals surface area contributed by atoms with E-state index in [4.69, 9.17) is 22.4 Å². The highest BCUT2D eigenvalue weighted by molar-refractivity contribution is 7.90. The molecule has 1 aromatic carbocycles. The largest absolute Gasteiger partial charge is 0.478 e. The number of rotatable bonds is 2. The topological polar surface area (TPSA) is 97.5 Å². The van der Waals surface area contributed by atoms with E-state index in [2.05, 4.69) is 0 Å². The van der Waals surface area contributed by atoms with Gasteiger partial charge in [0.25, 0.3) is 0 Å². The molecule has 1 rings (SSSR count). The van der Waals surface area contributed by atoms with E-state index in [1.807, 2.05) is 0 Å². The van der Waals surface area contributed by atoms with E-state index in [9.17, 15) is 13.2 Å². The van der Waals surface area contributed by atoms with Gasteiger partial charge in [0.1, 0.15) is 0 Å². The number of benzene rings is 1. The zero-order chi connectivity index (χ0) is 11.8. The number of carbonyl (C=O) groups is 1. The van der Waals surface area contributed by atoms with Gasteiger partial charge in [0.05, 0.1) is 21.2 Å². The number of nitrogen functional groups attached to an aromatic ring is 1. The Labute approximate surface area is 91.4 Å². The molecule has 0 fully saturated rings. The third-order valence-corrected chi connectivity index (χ3v) is 3.33. The fourth-order valence-corrected chi connectivity index (χ4v) is 2.18. The van der Waals surface area contributed by atoms with Crippen LogP contribution in [-0.2, 0) is 9.84 Å². The summed E-state index contributed by atoms with van der Waals surface area (Å²) in [6, 6.07) is 2.23. The summed E-state index contributed by atoms with van der Waals surface area (Å²) in [6.45, 7) is 0. The van der Waals surface area contributed by atoms with Crippen molar-refractivity contribution < 1.29 is 18.3 Å². The Morgan fingerprint density at radius 1 is 1.47 bits per heavy atom. The third-order valence-electron chi connectivity index (χ3n) is 1.77. The second kappa shape index (κ2) is 3.71. The lowest BCUT2D eigenvalue weighted by Gasteiger charge is -2.07. The van der Waals surface area contributed by atoms with E-state index in [0.717, 1.165) is 18.4 Å². The highest BCUT2D eigenvalue weighted by Gasteiger charge is 2.19. The van der Waals surface area contributed by atoms with Crippen molar-refractivity contribution in [3.05, 3.63) is 22.7 Å². The number of sulfone groups is 1.